The normalized spacial score (nSPS) is 10.1. The van der Waals surface area contributed by atoms with Gasteiger partial charge in [0.2, 0.25) is 5.91 Å². The number of amides is 2. The lowest BCUT2D eigenvalue weighted by atomic mass is 10.1. The smallest absolute Gasteiger partial charge is 0.254 e. The average Bonchev–Trinajstić information content (AvgIpc) is 2.70. The van der Waals surface area contributed by atoms with Crippen LogP contribution in [0.5, 0.6) is 11.5 Å². The third kappa shape index (κ3) is 5.38. The molecular formula is C21H20N2O4. The zero-order chi connectivity index (χ0) is 19.6. The van der Waals surface area contributed by atoms with Crippen molar-refractivity contribution in [2.75, 3.05) is 26.1 Å². The van der Waals surface area contributed by atoms with Gasteiger partial charge in [0, 0.05) is 6.08 Å². The van der Waals surface area contributed by atoms with Crippen molar-refractivity contribution in [3.8, 4) is 23.8 Å². The standard InChI is InChI=1S/C21H20N2O4/c1-4-13-22-21(25)16-7-5-6-8-17(16)23-20(24)12-10-15-9-11-18(26-2)19(14-15)27-3/h1,5-12,14H,13H2,2-3H3,(H,22,25)(H,23,24)/b12-10+. The first-order valence-corrected chi connectivity index (χ1v) is 8.10. The topological polar surface area (TPSA) is 76.7 Å². The first kappa shape index (κ1) is 19.6. The van der Waals surface area contributed by atoms with Crippen LogP contribution in [-0.4, -0.2) is 32.6 Å². The first-order valence-electron chi connectivity index (χ1n) is 8.10. The van der Waals surface area contributed by atoms with Gasteiger partial charge < -0.3 is 20.1 Å². The Balaban J connectivity index is 2.11. The molecule has 0 saturated heterocycles. The highest BCUT2D eigenvalue weighted by molar-refractivity contribution is 6.07. The highest BCUT2D eigenvalue weighted by Gasteiger charge is 2.11. The number of carbonyl (C=O) groups is 2. The van der Waals surface area contributed by atoms with Crippen LogP contribution in [0, 0.1) is 12.3 Å². The van der Waals surface area contributed by atoms with E-state index in [2.05, 4.69) is 16.6 Å². The van der Waals surface area contributed by atoms with Gasteiger partial charge in [0.25, 0.3) is 5.91 Å². The zero-order valence-corrected chi connectivity index (χ0v) is 15.1. The molecule has 0 atom stereocenters. The van der Waals surface area contributed by atoms with Crippen LogP contribution >= 0.6 is 0 Å². The lowest BCUT2D eigenvalue weighted by Crippen LogP contribution is -2.25. The van der Waals surface area contributed by atoms with E-state index < -0.39 is 0 Å². The molecular weight excluding hydrogens is 344 g/mol. The fraction of sp³-hybridized carbons (Fsp3) is 0.143. The Morgan fingerprint density at radius 3 is 2.56 bits per heavy atom. The highest BCUT2D eigenvalue weighted by atomic mass is 16.5. The summed E-state index contributed by atoms with van der Waals surface area (Å²) in [5.74, 6) is 2.78. The molecule has 27 heavy (non-hydrogen) atoms. The molecule has 0 aromatic heterocycles. The van der Waals surface area contributed by atoms with Gasteiger partial charge in [-0.15, -0.1) is 6.42 Å². The average molecular weight is 364 g/mol. The summed E-state index contributed by atoms with van der Waals surface area (Å²) in [6, 6.07) is 12.0. The Labute approximate surface area is 158 Å². The van der Waals surface area contributed by atoms with Crippen molar-refractivity contribution < 1.29 is 19.1 Å². The molecule has 0 aliphatic rings. The van der Waals surface area contributed by atoms with Crippen molar-refractivity contribution in [1.29, 1.82) is 0 Å². The zero-order valence-electron chi connectivity index (χ0n) is 15.1. The minimum Gasteiger partial charge on any atom is -0.493 e. The summed E-state index contributed by atoms with van der Waals surface area (Å²) in [5, 5.41) is 5.27. The molecule has 2 rings (SSSR count). The number of hydrogen-bond acceptors (Lipinski definition) is 4. The van der Waals surface area contributed by atoms with Crippen molar-refractivity contribution in [3.63, 3.8) is 0 Å². The predicted octanol–water partition coefficient (Wildman–Crippen LogP) is 2.72. The third-order valence-electron chi connectivity index (χ3n) is 3.62. The van der Waals surface area contributed by atoms with Crippen LogP contribution in [-0.2, 0) is 4.79 Å². The van der Waals surface area contributed by atoms with Gasteiger partial charge in [0.05, 0.1) is 32.0 Å². The molecule has 0 radical (unpaired) electrons. The number of para-hydroxylation sites is 1. The molecule has 0 unspecified atom stereocenters. The summed E-state index contributed by atoms with van der Waals surface area (Å²) in [5.41, 5.74) is 1.50. The Kier molecular flexibility index (Phi) is 7.03. The summed E-state index contributed by atoms with van der Waals surface area (Å²) in [6.07, 6.45) is 8.16. The molecule has 2 aromatic carbocycles. The van der Waals surface area contributed by atoms with Crippen LogP contribution < -0.4 is 20.1 Å². The van der Waals surface area contributed by atoms with Gasteiger partial charge in [-0.3, -0.25) is 9.59 Å². The van der Waals surface area contributed by atoms with Crippen LogP contribution in [0.15, 0.2) is 48.5 Å². The van der Waals surface area contributed by atoms with E-state index in [1.54, 1.807) is 62.8 Å². The van der Waals surface area contributed by atoms with E-state index in [4.69, 9.17) is 15.9 Å². The summed E-state index contributed by atoms with van der Waals surface area (Å²) in [7, 11) is 3.10. The number of ether oxygens (including phenoxy) is 2. The van der Waals surface area contributed by atoms with Gasteiger partial charge in [-0.25, -0.2) is 0 Å². The van der Waals surface area contributed by atoms with Crippen molar-refractivity contribution >= 4 is 23.6 Å². The maximum Gasteiger partial charge on any atom is 0.254 e. The minimum atomic E-state index is -0.373. The number of terminal acetylenes is 1. The van der Waals surface area contributed by atoms with E-state index in [1.165, 1.54) is 6.08 Å². The largest absolute Gasteiger partial charge is 0.493 e. The van der Waals surface area contributed by atoms with Crippen LogP contribution in [0.1, 0.15) is 15.9 Å². The number of carbonyl (C=O) groups excluding carboxylic acids is 2. The Morgan fingerprint density at radius 2 is 1.85 bits per heavy atom. The van der Waals surface area contributed by atoms with Crippen LogP contribution in [0.2, 0.25) is 0 Å². The van der Waals surface area contributed by atoms with E-state index in [0.29, 0.717) is 22.7 Å². The second kappa shape index (κ2) is 9.68. The summed E-state index contributed by atoms with van der Waals surface area (Å²) < 4.78 is 10.4. The summed E-state index contributed by atoms with van der Waals surface area (Å²) in [4.78, 5) is 24.3. The molecule has 6 heteroatoms. The second-order valence-corrected chi connectivity index (χ2v) is 5.37. The van der Waals surface area contributed by atoms with E-state index in [9.17, 15) is 9.59 Å². The Morgan fingerprint density at radius 1 is 1.11 bits per heavy atom. The van der Waals surface area contributed by atoms with Crippen LogP contribution in [0.25, 0.3) is 6.08 Å². The molecule has 2 aromatic rings. The monoisotopic (exact) mass is 364 g/mol. The molecule has 0 fully saturated rings. The first-order chi connectivity index (χ1) is 13.1. The van der Waals surface area contributed by atoms with Crippen molar-refractivity contribution in [2.45, 2.75) is 0 Å². The number of rotatable bonds is 7. The quantitative estimate of drug-likeness (QED) is 0.585. The van der Waals surface area contributed by atoms with Gasteiger partial charge in [-0.05, 0) is 35.9 Å². The molecule has 138 valence electrons. The minimum absolute atomic E-state index is 0.111. The predicted molar refractivity (Wildman–Crippen MR) is 105 cm³/mol. The third-order valence-corrected chi connectivity index (χ3v) is 3.62. The molecule has 0 heterocycles. The van der Waals surface area contributed by atoms with Crippen molar-refractivity contribution in [1.82, 2.24) is 5.32 Å². The number of benzene rings is 2. The van der Waals surface area contributed by atoms with Crippen LogP contribution in [0.4, 0.5) is 5.69 Å². The number of nitrogens with one attached hydrogen (secondary N) is 2. The highest BCUT2D eigenvalue weighted by Crippen LogP contribution is 2.28. The van der Waals surface area contributed by atoms with Gasteiger partial charge in [-0.1, -0.05) is 24.1 Å². The molecule has 2 N–H and O–H groups in total. The maximum absolute atomic E-state index is 12.2. The molecule has 0 spiro atoms. The fourth-order valence-corrected chi connectivity index (χ4v) is 2.32. The molecule has 0 aliphatic carbocycles. The Hall–Kier alpha value is -3.72. The lowest BCUT2D eigenvalue weighted by molar-refractivity contribution is -0.111. The van der Waals surface area contributed by atoms with Gasteiger partial charge in [-0.2, -0.15) is 0 Å². The molecule has 0 bridgehead atoms. The SMILES string of the molecule is C#CCNC(=O)c1ccccc1NC(=O)/C=C/c1ccc(OC)c(OC)c1. The summed E-state index contributed by atoms with van der Waals surface area (Å²) >= 11 is 0. The second-order valence-electron chi connectivity index (χ2n) is 5.37. The summed E-state index contributed by atoms with van der Waals surface area (Å²) in [6.45, 7) is 0.111. The molecule has 2 amide bonds. The lowest BCUT2D eigenvalue weighted by Gasteiger charge is -2.09. The van der Waals surface area contributed by atoms with E-state index in [-0.39, 0.29) is 18.4 Å². The Bertz CT molecular complexity index is 897. The van der Waals surface area contributed by atoms with Crippen molar-refractivity contribution in [3.05, 3.63) is 59.7 Å². The molecule has 0 saturated carbocycles. The van der Waals surface area contributed by atoms with Crippen LogP contribution in [0.3, 0.4) is 0 Å². The van der Waals surface area contributed by atoms with E-state index >= 15 is 0 Å². The number of anilines is 1. The van der Waals surface area contributed by atoms with Gasteiger partial charge in [0.1, 0.15) is 0 Å². The van der Waals surface area contributed by atoms with E-state index in [0.717, 1.165) is 5.56 Å². The van der Waals surface area contributed by atoms with Crippen molar-refractivity contribution in [2.24, 2.45) is 0 Å². The van der Waals surface area contributed by atoms with E-state index in [1.807, 2.05) is 0 Å². The number of hydrogen-bond donors (Lipinski definition) is 2. The van der Waals surface area contributed by atoms with Gasteiger partial charge in [0.15, 0.2) is 11.5 Å². The van der Waals surface area contributed by atoms with Gasteiger partial charge >= 0.3 is 0 Å². The molecule has 0 aliphatic heterocycles. The number of methoxy groups -OCH3 is 2. The molecule has 6 nitrogen and oxygen atoms in total. The fourth-order valence-electron chi connectivity index (χ4n) is 2.32. The maximum atomic E-state index is 12.2.